The smallest absolute Gasteiger partial charge is 0.408 e. The molecule has 0 unspecified atom stereocenters. The molecule has 2 aromatic rings. The van der Waals surface area contributed by atoms with Gasteiger partial charge in [0.2, 0.25) is 0 Å². The van der Waals surface area contributed by atoms with Crippen molar-refractivity contribution in [1.82, 2.24) is 4.57 Å². The number of benzene rings is 1. The van der Waals surface area contributed by atoms with E-state index in [1.165, 1.54) is 4.57 Å². The van der Waals surface area contributed by atoms with Gasteiger partial charge in [0.05, 0.1) is 12.1 Å². The second kappa shape index (κ2) is 3.24. The summed E-state index contributed by atoms with van der Waals surface area (Å²) >= 11 is 5.75. The Morgan fingerprint density at radius 1 is 1.57 bits per heavy atom. The summed E-state index contributed by atoms with van der Waals surface area (Å²) in [5, 5.41) is 0.527. The average molecular weight is 208 g/mol. The van der Waals surface area contributed by atoms with Gasteiger partial charge in [-0.05, 0) is 12.1 Å². The maximum atomic E-state index is 11.3. The topological polar surface area (TPSA) is 35.1 Å². The van der Waals surface area contributed by atoms with Gasteiger partial charge in [0.1, 0.15) is 0 Å². The fourth-order valence-corrected chi connectivity index (χ4v) is 1.44. The van der Waals surface area contributed by atoms with Crippen LogP contribution in [0.1, 0.15) is 0 Å². The number of terminal acetylenes is 1. The molecule has 1 heterocycles. The fourth-order valence-electron chi connectivity index (χ4n) is 1.28. The van der Waals surface area contributed by atoms with Gasteiger partial charge in [-0.25, -0.2) is 4.79 Å². The highest BCUT2D eigenvalue weighted by Gasteiger charge is 2.07. The molecule has 0 aliphatic carbocycles. The zero-order valence-electron chi connectivity index (χ0n) is 7.16. The Bertz CT molecular complexity index is 574. The van der Waals surface area contributed by atoms with Gasteiger partial charge < -0.3 is 4.42 Å². The van der Waals surface area contributed by atoms with Crippen LogP contribution in [-0.4, -0.2) is 4.57 Å². The number of nitrogens with zero attached hydrogens (tertiary/aromatic N) is 1. The minimum atomic E-state index is -0.458. The predicted molar refractivity (Wildman–Crippen MR) is 54.3 cm³/mol. The van der Waals surface area contributed by atoms with Gasteiger partial charge in [0, 0.05) is 11.1 Å². The Morgan fingerprint density at radius 3 is 3.07 bits per heavy atom. The summed E-state index contributed by atoms with van der Waals surface area (Å²) in [6, 6.07) is 4.98. The predicted octanol–water partition coefficient (Wildman–Crippen LogP) is 1.88. The van der Waals surface area contributed by atoms with E-state index in [4.69, 9.17) is 22.4 Å². The fraction of sp³-hybridized carbons (Fsp3) is 0.100. The summed E-state index contributed by atoms with van der Waals surface area (Å²) in [6.07, 6.45) is 5.13. The van der Waals surface area contributed by atoms with Crippen molar-refractivity contribution >= 4 is 22.7 Å². The van der Waals surface area contributed by atoms with Gasteiger partial charge in [-0.3, -0.25) is 4.57 Å². The van der Waals surface area contributed by atoms with Crippen molar-refractivity contribution in [2.24, 2.45) is 0 Å². The third-order valence-corrected chi connectivity index (χ3v) is 2.11. The van der Waals surface area contributed by atoms with E-state index in [9.17, 15) is 4.79 Å². The van der Waals surface area contributed by atoms with Gasteiger partial charge in [0.15, 0.2) is 5.58 Å². The molecule has 0 spiro atoms. The van der Waals surface area contributed by atoms with Crippen LogP contribution in [0.3, 0.4) is 0 Å². The molecule has 0 radical (unpaired) electrons. The highest BCUT2D eigenvalue weighted by Crippen LogP contribution is 2.17. The van der Waals surface area contributed by atoms with Gasteiger partial charge in [-0.15, -0.1) is 6.42 Å². The van der Waals surface area contributed by atoms with Crippen LogP contribution in [0.4, 0.5) is 0 Å². The number of aromatic nitrogens is 1. The first-order chi connectivity index (χ1) is 6.72. The molecule has 0 N–H and O–H groups in total. The average Bonchev–Trinajstić information content (AvgIpc) is 2.43. The first-order valence-electron chi connectivity index (χ1n) is 3.95. The maximum Gasteiger partial charge on any atom is 0.420 e. The number of rotatable bonds is 1. The van der Waals surface area contributed by atoms with Crippen molar-refractivity contribution in [3.8, 4) is 12.3 Å². The first kappa shape index (κ1) is 8.92. The lowest BCUT2D eigenvalue weighted by molar-refractivity contribution is 0.521. The second-order valence-corrected chi connectivity index (χ2v) is 3.21. The number of halogens is 1. The molecule has 0 fully saturated rings. The van der Waals surface area contributed by atoms with Crippen molar-refractivity contribution < 1.29 is 4.42 Å². The molecule has 0 saturated heterocycles. The van der Waals surface area contributed by atoms with E-state index in [0.717, 1.165) is 0 Å². The van der Waals surface area contributed by atoms with Crippen LogP contribution < -0.4 is 5.76 Å². The van der Waals surface area contributed by atoms with Crippen LogP contribution in [0.2, 0.25) is 5.02 Å². The van der Waals surface area contributed by atoms with Gasteiger partial charge in [0.25, 0.3) is 0 Å². The summed E-state index contributed by atoms with van der Waals surface area (Å²) in [6.45, 7) is 0.202. The van der Waals surface area contributed by atoms with Crippen LogP contribution in [0.15, 0.2) is 27.4 Å². The summed E-state index contributed by atoms with van der Waals surface area (Å²) in [4.78, 5) is 11.3. The zero-order chi connectivity index (χ0) is 10.1. The van der Waals surface area contributed by atoms with Crippen LogP contribution in [0.25, 0.3) is 11.1 Å². The Morgan fingerprint density at radius 2 is 2.36 bits per heavy atom. The molecule has 3 nitrogen and oxygen atoms in total. The van der Waals surface area contributed by atoms with Gasteiger partial charge in [-0.2, -0.15) is 0 Å². The van der Waals surface area contributed by atoms with E-state index in [1.54, 1.807) is 18.2 Å². The van der Waals surface area contributed by atoms with Crippen LogP contribution in [-0.2, 0) is 6.54 Å². The molecule has 0 aliphatic rings. The van der Waals surface area contributed by atoms with E-state index in [0.29, 0.717) is 16.1 Å². The van der Waals surface area contributed by atoms with E-state index in [-0.39, 0.29) is 6.54 Å². The van der Waals surface area contributed by atoms with Gasteiger partial charge >= 0.3 is 5.76 Å². The SMILES string of the molecule is C#CCn1c(=O)oc2cc(Cl)ccc21. The molecule has 0 amide bonds. The summed E-state index contributed by atoms with van der Waals surface area (Å²) in [5.41, 5.74) is 1.12. The molecule has 0 atom stereocenters. The Hall–Kier alpha value is -1.66. The molecule has 0 bridgehead atoms. The van der Waals surface area contributed by atoms with E-state index in [2.05, 4.69) is 5.92 Å². The van der Waals surface area contributed by atoms with E-state index >= 15 is 0 Å². The molecule has 70 valence electrons. The number of hydrogen-bond donors (Lipinski definition) is 0. The van der Waals surface area contributed by atoms with E-state index < -0.39 is 5.76 Å². The van der Waals surface area contributed by atoms with Crippen molar-refractivity contribution in [3.05, 3.63) is 33.8 Å². The highest BCUT2D eigenvalue weighted by atomic mass is 35.5. The molecular weight excluding hydrogens is 202 g/mol. The molecule has 0 saturated carbocycles. The number of hydrogen-bond acceptors (Lipinski definition) is 2. The van der Waals surface area contributed by atoms with Crippen molar-refractivity contribution in [2.45, 2.75) is 6.54 Å². The molecule has 0 aliphatic heterocycles. The molecule has 1 aromatic carbocycles. The zero-order valence-corrected chi connectivity index (χ0v) is 7.91. The second-order valence-electron chi connectivity index (χ2n) is 2.77. The van der Waals surface area contributed by atoms with Gasteiger partial charge in [-0.1, -0.05) is 17.5 Å². The monoisotopic (exact) mass is 207 g/mol. The quantitative estimate of drug-likeness (QED) is 0.670. The Labute approximate surface area is 84.9 Å². The van der Waals surface area contributed by atoms with Crippen molar-refractivity contribution in [3.63, 3.8) is 0 Å². The standard InChI is InChI=1S/C10H6ClNO2/c1-2-5-12-8-4-3-7(11)6-9(8)14-10(12)13/h1,3-4,6H,5H2. The lowest BCUT2D eigenvalue weighted by atomic mass is 10.3. The van der Waals surface area contributed by atoms with E-state index in [1.807, 2.05) is 0 Å². The normalized spacial score (nSPS) is 10.3. The van der Waals surface area contributed by atoms with Crippen LogP contribution in [0, 0.1) is 12.3 Å². The molecular formula is C10H6ClNO2. The van der Waals surface area contributed by atoms with Crippen LogP contribution in [0.5, 0.6) is 0 Å². The largest absolute Gasteiger partial charge is 0.420 e. The molecule has 4 heteroatoms. The minimum Gasteiger partial charge on any atom is -0.408 e. The molecule has 1 aromatic heterocycles. The molecule has 2 rings (SSSR count). The van der Waals surface area contributed by atoms with Crippen molar-refractivity contribution in [2.75, 3.05) is 0 Å². The van der Waals surface area contributed by atoms with Crippen molar-refractivity contribution in [1.29, 1.82) is 0 Å². The highest BCUT2D eigenvalue weighted by molar-refractivity contribution is 6.31. The third-order valence-electron chi connectivity index (χ3n) is 1.88. The summed E-state index contributed by atoms with van der Waals surface area (Å²) in [5.74, 6) is 1.93. The number of oxazole rings is 1. The first-order valence-corrected chi connectivity index (χ1v) is 4.32. The Kier molecular flexibility index (Phi) is 2.06. The number of fused-ring (bicyclic) bond motifs is 1. The maximum absolute atomic E-state index is 11.3. The Balaban J connectivity index is 2.79. The minimum absolute atomic E-state index is 0.202. The summed E-state index contributed by atoms with van der Waals surface area (Å²) < 4.78 is 6.34. The van der Waals surface area contributed by atoms with Crippen LogP contribution >= 0.6 is 11.6 Å². The lowest BCUT2D eigenvalue weighted by Crippen LogP contribution is -2.12. The summed E-state index contributed by atoms with van der Waals surface area (Å²) in [7, 11) is 0. The molecule has 14 heavy (non-hydrogen) atoms. The lowest BCUT2D eigenvalue weighted by Gasteiger charge is -1.94. The third kappa shape index (κ3) is 1.30.